The Bertz CT molecular complexity index is 614. The summed E-state index contributed by atoms with van der Waals surface area (Å²) in [5, 5.41) is 0.0804. The molecule has 0 atom stereocenters. The zero-order valence-corrected chi connectivity index (χ0v) is 13.4. The summed E-state index contributed by atoms with van der Waals surface area (Å²) in [6.45, 7) is 4.96. The molecule has 1 aromatic rings. The van der Waals surface area contributed by atoms with Crippen LogP contribution >= 0.6 is 11.6 Å². The quantitative estimate of drug-likeness (QED) is 0.603. The molecule has 0 fully saturated rings. The van der Waals surface area contributed by atoms with E-state index in [1.807, 2.05) is 0 Å². The SMILES string of the molecule is CC(=O)OCc1c(Cl)nc(C)c(OC(C)=O)c1COC(C)=O. The molecule has 0 saturated heterocycles. The maximum atomic E-state index is 11.2. The van der Waals surface area contributed by atoms with Crippen LogP contribution in [0.1, 0.15) is 37.6 Å². The number of carbonyl (C=O) groups is 3. The summed E-state index contributed by atoms with van der Waals surface area (Å²) < 4.78 is 15.0. The summed E-state index contributed by atoms with van der Waals surface area (Å²) in [4.78, 5) is 37.3. The molecule has 1 rings (SSSR count). The van der Waals surface area contributed by atoms with Gasteiger partial charge in [0, 0.05) is 31.9 Å². The van der Waals surface area contributed by atoms with Crippen LogP contribution in [0.2, 0.25) is 5.15 Å². The van der Waals surface area contributed by atoms with Gasteiger partial charge in [0.05, 0.1) is 5.69 Å². The van der Waals surface area contributed by atoms with Crippen LogP contribution < -0.4 is 4.74 Å². The number of halogens is 1. The van der Waals surface area contributed by atoms with Gasteiger partial charge in [0.15, 0.2) is 5.75 Å². The molecule has 1 aromatic heterocycles. The molecule has 0 aromatic carbocycles. The molecule has 0 aliphatic carbocycles. The van der Waals surface area contributed by atoms with Crippen LogP contribution in [0.15, 0.2) is 0 Å². The summed E-state index contributed by atoms with van der Waals surface area (Å²) in [6, 6.07) is 0. The fourth-order valence-electron chi connectivity index (χ4n) is 1.67. The van der Waals surface area contributed by atoms with E-state index in [1.54, 1.807) is 6.92 Å². The predicted molar refractivity (Wildman–Crippen MR) is 76.2 cm³/mol. The molecular formula is C14H16ClNO6. The first-order valence-corrected chi connectivity index (χ1v) is 6.73. The average molecular weight is 330 g/mol. The molecule has 0 saturated carbocycles. The zero-order chi connectivity index (χ0) is 16.9. The molecule has 0 amide bonds. The summed E-state index contributed by atoms with van der Waals surface area (Å²) in [5.41, 5.74) is 1.01. The average Bonchev–Trinajstić information content (AvgIpc) is 2.37. The monoisotopic (exact) mass is 329 g/mol. The lowest BCUT2D eigenvalue weighted by Crippen LogP contribution is -2.13. The topological polar surface area (TPSA) is 91.8 Å². The number of esters is 3. The Hall–Kier alpha value is -2.15. The fraction of sp³-hybridized carbons (Fsp3) is 0.429. The molecule has 7 nitrogen and oxygen atoms in total. The van der Waals surface area contributed by atoms with Crippen molar-refractivity contribution in [2.75, 3.05) is 0 Å². The maximum Gasteiger partial charge on any atom is 0.308 e. The number of hydrogen-bond donors (Lipinski definition) is 0. The largest absolute Gasteiger partial charge is 0.461 e. The highest BCUT2D eigenvalue weighted by Crippen LogP contribution is 2.31. The Labute approximate surface area is 132 Å². The zero-order valence-electron chi connectivity index (χ0n) is 12.7. The van der Waals surface area contributed by atoms with Crippen molar-refractivity contribution >= 4 is 29.5 Å². The van der Waals surface area contributed by atoms with Gasteiger partial charge in [-0.2, -0.15) is 0 Å². The van der Waals surface area contributed by atoms with E-state index in [0.717, 1.165) is 0 Å². The number of nitrogens with zero attached hydrogens (tertiary/aromatic N) is 1. The van der Waals surface area contributed by atoms with Gasteiger partial charge < -0.3 is 14.2 Å². The van der Waals surface area contributed by atoms with E-state index in [1.165, 1.54) is 20.8 Å². The molecule has 0 spiro atoms. The second-order valence-electron chi connectivity index (χ2n) is 4.43. The lowest BCUT2D eigenvalue weighted by atomic mass is 10.1. The maximum absolute atomic E-state index is 11.2. The van der Waals surface area contributed by atoms with Crippen molar-refractivity contribution in [3.8, 4) is 5.75 Å². The highest BCUT2D eigenvalue weighted by molar-refractivity contribution is 6.30. The van der Waals surface area contributed by atoms with E-state index < -0.39 is 17.9 Å². The van der Waals surface area contributed by atoms with Crippen molar-refractivity contribution in [2.24, 2.45) is 0 Å². The van der Waals surface area contributed by atoms with E-state index in [9.17, 15) is 14.4 Å². The molecule has 0 bridgehead atoms. The molecular weight excluding hydrogens is 314 g/mol. The van der Waals surface area contributed by atoms with Crippen molar-refractivity contribution in [1.82, 2.24) is 4.98 Å². The van der Waals surface area contributed by atoms with Crippen molar-refractivity contribution in [3.63, 3.8) is 0 Å². The molecule has 1 heterocycles. The molecule has 0 radical (unpaired) electrons. The first kappa shape index (κ1) is 17.9. The minimum absolute atomic E-state index is 0.0804. The number of aromatic nitrogens is 1. The highest BCUT2D eigenvalue weighted by Gasteiger charge is 2.21. The van der Waals surface area contributed by atoms with Gasteiger partial charge >= 0.3 is 17.9 Å². The van der Waals surface area contributed by atoms with Crippen LogP contribution in [-0.2, 0) is 37.1 Å². The number of carbonyl (C=O) groups excluding carboxylic acids is 3. The molecule has 0 unspecified atom stereocenters. The van der Waals surface area contributed by atoms with E-state index in [-0.39, 0.29) is 24.1 Å². The molecule has 120 valence electrons. The third-order valence-corrected chi connectivity index (χ3v) is 2.88. The van der Waals surface area contributed by atoms with Crippen LogP contribution in [-0.4, -0.2) is 22.9 Å². The Morgan fingerprint density at radius 3 is 1.91 bits per heavy atom. The van der Waals surface area contributed by atoms with Crippen molar-refractivity contribution in [2.45, 2.75) is 40.9 Å². The highest BCUT2D eigenvalue weighted by atomic mass is 35.5. The molecule has 8 heteroatoms. The summed E-state index contributed by atoms with van der Waals surface area (Å²) in [6.07, 6.45) is 0. The van der Waals surface area contributed by atoms with Crippen molar-refractivity contribution in [1.29, 1.82) is 0 Å². The summed E-state index contributed by atoms with van der Waals surface area (Å²) in [5.74, 6) is -1.45. The van der Waals surface area contributed by atoms with Crippen molar-refractivity contribution < 1.29 is 28.6 Å². The number of rotatable bonds is 5. The molecule has 0 aliphatic heterocycles. The Morgan fingerprint density at radius 1 is 0.955 bits per heavy atom. The van der Waals surface area contributed by atoms with E-state index in [0.29, 0.717) is 16.8 Å². The van der Waals surface area contributed by atoms with Gasteiger partial charge in [-0.25, -0.2) is 4.98 Å². The molecule has 0 aliphatic rings. The van der Waals surface area contributed by atoms with Crippen molar-refractivity contribution in [3.05, 3.63) is 22.0 Å². The fourth-order valence-corrected chi connectivity index (χ4v) is 1.97. The van der Waals surface area contributed by atoms with Gasteiger partial charge in [0.1, 0.15) is 18.4 Å². The molecule has 22 heavy (non-hydrogen) atoms. The summed E-state index contributed by atoms with van der Waals surface area (Å²) in [7, 11) is 0. The minimum atomic E-state index is -0.560. The number of hydrogen-bond acceptors (Lipinski definition) is 7. The second kappa shape index (κ2) is 7.74. The van der Waals surface area contributed by atoms with Gasteiger partial charge in [-0.1, -0.05) is 11.6 Å². The Balaban J connectivity index is 3.33. The van der Waals surface area contributed by atoms with E-state index >= 15 is 0 Å². The van der Waals surface area contributed by atoms with Gasteiger partial charge in [0.25, 0.3) is 0 Å². The lowest BCUT2D eigenvalue weighted by molar-refractivity contribution is -0.144. The Morgan fingerprint density at radius 2 is 1.45 bits per heavy atom. The number of aryl methyl sites for hydroxylation is 1. The first-order valence-electron chi connectivity index (χ1n) is 6.35. The van der Waals surface area contributed by atoms with E-state index in [2.05, 4.69) is 4.98 Å². The van der Waals surface area contributed by atoms with Crippen LogP contribution in [0.3, 0.4) is 0 Å². The minimum Gasteiger partial charge on any atom is -0.461 e. The third kappa shape index (κ3) is 5.00. The van der Waals surface area contributed by atoms with Gasteiger partial charge in [-0.05, 0) is 6.92 Å². The second-order valence-corrected chi connectivity index (χ2v) is 4.79. The van der Waals surface area contributed by atoms with Crippen LogP contribution in [0.5, 0.6) is 5.75 Å². The third-order valence-electron chi connectivity index (χ3n) is 2.57. The normalized spacial score (nSPS) is 10.0. The lowest BCUT2D eigenvalue weighted by Gasteiger charge is -2.17. The summed E-state index contributed by atoms with van der Waals surface area (Å²) >= 11 is 6.06. The standard InChI is InChI=1S/C14H16ClNO6/c1-7-13(22-10(4)19)11(5-20-8(2)17)12(14(15)16-7)6-21-9(3)18/h5-6H2,1-4H3. The van der Waals surface area contributed by atoms with Gasteiger partial charge in [-0.3, -0.25) is 14.4 Å². The van der Waals surface area contributed by atoms with Crippen LogP contribution in [0.4, 0.5) is 0 Å². The van der Waals surface area contributed by atoms with E-state index in [4.69, 9.17) is 25.8 Å². The van der Waals surface area contributed by atoms with Crippen LogP contribution in [0.25, 0.3) is 0 Å². The Kier molecular flexibility index (Phi) is 6.30. The number of pyridine rings is 1. The first-order chi connectivity index (χ1) is 10.2. The van der Waals surface area contributed by atoms with Gasteiger partial charge in [0.2, 0.25) is 0 Å². The molecule has 0 N–H and O–H groups in total. The smallest absolute Gasteiger partial charge is 0.308 e. The predicted octanol–water partition coefficient (Wildman–Crippen LogP) is 2.09. The van der Waals surface area contributed by atoms with Gasteiger partial charge in [-0.15, -0.1) is 0 Å². The number of ether oxygens (including phenoxy) is 3. The van der Waals surface area contributed by atoms with Crippen LogP contribution in [0, 0.1) is 6.92 Å².